The van der Waals surface area contributed by atoms with Gasteiger partial charge in [0.1, 0.15) is 5.76 Å². The van der Waals surface area contributed by atoms with Gasteiger partial charge in [-0.3, -0.25) is 4.79 Å². The number of benzene rings is 2. The minimum absolute atomic E-state index is 0.118. The molecular formula is C23H23N3O3. The van der Waals surface area contributed by atoms with E-state index in [0.29, 0.717) is 23.6 Å². The van der Waals surface area contributed by atoms with Gasteiger partial charge in [0.05, 0.1) is 11.4 Å². The van der Waals surface area contributed by atoms with E-state index in [2.05, 4.69) is 17.4 Å². The van der Waals surface area contributed by atoms with E-state index in [4.69, 9.17) is 13.9 Å². The fourth-order valence-electron chi connectivity index (χ4n) is 3.39. The number of aryl methyl sites for hydroxylation is 3. The van der Waals surface area contributed by atoms with Crippen molar-refractivity contribution in [3.05, 3.63) is 65.7 Å². The molecule has 0 aliphatic heterocycles. The standard InChI is InChI=1S/C23H23N3O3/c1-3-7-21-20(25-23(28-21)16-8-5-4-6-9-16)13-12-19-18-11-10-17(24-15(2)27)14-22(18)29-26-19/h4-6,8-11,14H,3,7,12-13H2,1-2H3,(H,24,27). The van der Waals surface area contributed by atoms with Crippen LogP contribution in [0.4, 0.5) is 5.69 Å². The first-order valence-corrected chi connectivity index (χ1v) is 9.84. The number of aromatic nitrogens is 2. The Morgan fingerprint density at radius 3 is 2.59 bits per heavy atom. The molecule has 148 valence electrons. The molecule has 0 bridgehead atoms. The lowest BCUT2D eigenvalue weighted by Crippen LogP contribution is -2.05. The van der Waals surface area contributed by atoms with Gasteiger partial charge in [0, 0.05) is 36.0 Å². The summed E-state index contributed by atoms with van der Waals surface area (Å²) in [6.07, 6.45) is 3.27. The number of oxazole rings is 1. The molecule has 0 aliphatic rings. The monoisotopic (exact) mass is 389 g/mol. The van der Waals surface area contributed by atoms with E-state index in [-0.39, 0.29) is 5.91 Å². The van der Waals surface area contributed by atoms with Crippen LogP contribution in [0.3, 0.4) is 0 Å². The van der Waals surface area contributed by atoms with Crippen LogP contribution in [0.2, 0.25) is 0 Å². The second-order valence-corrected chi connectivity index (χ2v) is 7.03. The van der Waals surface area contributed by atoms with Crippen LogP contribution in [0.25, 0.3) is 22.4 Å². The van der Waals surface area contributed by atoms with Gasteiger partial charge in [-0.1, -0.05) is 30.3 Å². The quantitative estimate of drug-likeness (QED) is 0.471. The molecule has 0 saturated carbocycles. The summed E-state index contributed by atoms with van der Waals surface area (Å²) in [4.78, 5) is 16.0. The van der Waals surface area contributed by atoms with Gasteiger partial charge in [0.2, 0.25) is 11.8 Å². The number of fused-ring (bicyclic) bond motifs is 1. The average Bonchev–Trinajstić information content (AvgIpc) is 3.30. The number of anilines is 1. The van der Waals surface area contributed by atoms with Crippen molar-refractivity contribution in [1.82, 2.24) is 10.1 Å². The first kappa shape index (κ1) is 18.9. The number of rotatable bonds is 7. The van der Waals surface area contributed by atoms with Gasteiger partial charge in [-0.15, -0.1) is 0 Å². The van der Waals surface area contributed by atoms with Gasteiger partial charge in [0.25, 0.3) is 0 Å². The van der Waals surface area contributed by atoms with E-state index < -0.39 is 0 Å². The van der Waals surface area contributed by atoms with Crippen molar-refractivity contribution in [3.63, 3.8) is 0 Å². The molecule has 4 rings (SSSR count). The summed E-state index contributed by atoms with van der Waals surface area (Å²) in [5.41, 5.74) is 4.18. The van der Waals surface area contributed by atoms with Crippen molar-refractivity contribution in [3.8, 4) is 11.5 Å². The molecule has 0 unspecified atom stereocenters. The normalized spacial score (nSPS) is 11.1. The SMILES string of the molecule is CCCc1oc(-c2ccccc2)nc1CCc1noc2cc(NC(C)=O)ccc12. The van der Waals surface area contributed by atoms with Gasteiger partial charge in [-0.25, -0.2) is 4.98 Å². The van der Waals surface area contributed by atoms with E-state index in [1.807, 2.05) is 42.5 Å². The maximum absolute atomic E-state index is 11.2. The number of carbonyl (C=O) groups is 1. The first-order chi connectivity index (χ1) is 14.1. The molecule has 6 nitrogen and oxygen atoms in total. The van der Waals surface area contributed by atoms with Crippen molar-refractivity contribution in [2.75, 3.05) is 5.32 Å². The van der Waals surface area contributed by atoms with E-state index in [9.17, 15) is 4.79 Å². The molecule has 0 spiro atoms. The molecule has 2 heterocycles. The minimum Gasteiger partial charge on any atom is -0.441 e. The Morgan fingerprint density at radius 1 is 1.03 bits per heavy atom. The lowest BCUT2D eigenvalue weighted by Gasteiger charge is -2.01. The maximum atomic E-state index is 11.2. The van der Waals surface area contributed by atoms with Crippen LogP contribution in [0.1, 0.15) is 37.4 Å². The molecule has 1 N–H and O–H groups in total. The van der Waals surface area contributed by atoms with E-state index in [1.165, 1.54) is 6.92 Å². The largest absolute Gasteiger partial charge is 0.441 e. The van der Waals surface area contributed by atoms with E-state index in [1.54, 1.807) is 6.07 Å². The third kappa shape index (κ3) is 4.21. The molecule has 6 heteroatoms. The van der Waals surface area contributed by atoms with E-state index >= 15 is 0 Å². The Balaban J connectivity index is 1.55. The van der Waals surface area contributed by atoms with Crippen LogP contribution in [0.15, 0.2) is 57.5 Å². The highest BCUT2D eigenvalue weighted by molar-refractivity contribution is 5.92. The summed E-state index contributed by atoms with van der Waals surface area (Å²) in [6.45, 7) is 3.61. The summed E-state index contributed by atoms with van der Waals surface area (Å²) in [7, 11) is 0. The third-order valence-corrected chi connectivity index (χ3v) is 4.74. The van der Waals surface area contributed by atoms with Gasteiger partial charge in [-0.05, 0) is 43.5 Å². The summed E-state index contributed by atoms with van der Waals surface area (Å²) in [5, 5.41) is 7.93. The highest BCUT2D eigenvalue weighted by Gasteiger charge is 2.16. The second kappa shape index (κ2) is 8.31. The Kier molecular flexibility index (Phi) is 5.42. The number of hydrogen-bond acceptors (Lipinski definition) is 5. The predicted molar refractivity (Wildman–Crippen MR) is 112 cm³/mol. The Hall–Kier alpha value is -3.41. The Bertz CT molecular complexity index is 1130. The molecule has 2 aromatic carbocycles. The zero-order chi connectivity index (χ0) is 20.2. The highest BCUT2D eigenvalue weighted by atomic mass is 16.5. The number of hydrogen-bond donors (Lipinski definition) is 1. The third-order valence-electron chi connectivity index (χ3n) is 4.74. The zero-order valence-corrected chi connectivity index (χ0v) is 16.6. The minimum atomic E-state index is -0.118. The fraction of sp³-hybridized carbons (Fsp3) is 0.261. The van der Waals surface area contributed by atoms with Crippen LogP contribution in [-0.4, -0.2) is 16.0 Å². The fourth-order valence-corrected chi connectivity index (χ4v) is 3.39. The molecule has 29 heavy (non-hydrogen) atoms. The summed E-state index contributed by atoms with van der Waals surface area (Å²) in [6, 6.07) is 15.5. The number of nitrogens with one attached hydrogen (secondary N) is 1. The van der Waals surface area contributed by atoms with Crippen LogP contribution < -0.4 is 5.32 Å². The van der Waals surface area contributed by atoms with Crippen molar-refractivity contribution >= 4 is 22.6 Å². The molecule has 0 saturated heterocycles. The summed E-state index contributed by atoms with van der Waals surface area (Å²) < 4.78 is 11.5. The zero-order valence-electron chi connectivity index (χ0n) is 16.6. The van der Waals surface area contributed by atoms with Crippen LogP contribution in [0, 0.1) is 0 Å². The number of carbonyl (C=O) groups excluding carboxylic acids is 1. The molecule has 1 amide bonds. The van der Waals surface area contributed by atoms with Gasteiger partial charge in [-0.2, -0.15) is 0 Å². The molecule has 2 aromatic heterocycles. The first-order valence-electron chi connectivity index (χ1n) is 9.84. The topological polar surface area (TPSA) is 81.2 Å². The van der Waals surface area contributed by atoms with Crippen molar-refractivity contribution in [1.29, 1.82) is 0 Å². The lowest BCUT2D eigenvalue weighted by molar-refractivity contribution is -0.114. The van der Waals surface area contributed by atoms with Gasteiger partial charge < -0.3 is 14.3 Å². The molecule has 4 aromatic rings. The molecule has 0 aliphatic carbocycles. The molecule has 0 fully saturated rings. The number of amides is 1. The van der Waals surface area contributed by atoms with Crippen molar-refractivity contribution in [2.24, 2.45) is 0 Å². The summed E-state index contributed by atoms with van der Waals surface area (Å²) >= 11 is 0. The van der Waals surface area contributed by atoms with Crippen molar-refractivity contribution < 1.29 is 13.7 Å². The van der Waals surface area contributed by atoms with Gasteiger partial charge in [0.15, 0.2) is 5.58 Å². The highest BCUT2D eigenvalue weighted by Crippen LogP contribution is 2.26. The van der Waals surface area contributed by atoms with Crippen LogP contribution in [0.5, 0.6) is 0 Å². The van der Waals surface area contributed by atoms with Crippen LogP contribution >= 0.6 is 0 Å². The van der Waals surface area contributed by atoms with Crippen molar-refractivity contribution in [2.45, 2.75) is 39.5 Å². The number of nitrogens with zero attached hydrogens (tertiary/aromatic N) is 2. The van der Waals surface area contributed by atoms with Gasteiger partial charge >= 0.3 is 0 Å². The maximum Gasteiger partial charge on any atom is 0.226 e. The molecule has 0 atom stereocenters. The Labute approximate surface area is 168 Å². The summed E-state index contributed by atoms with van der Waals surface area (Å²) in [5.74, 6) is 1.48. The average molecular weight is 389 g/mol. The Morgan fingerprint density at radius 2 is 1.83 bits per heavy atom. The second-order valence-electron chi connectivity index (χ2n) is 7.03. The predicted octanol–water partition coefficient (Wildman–Crippen LogP) is 5.18. The molecule has 0 radical (unpaired) electrons. The lowest BCUT2D eigenvalue weighted by atomic mass is 10.1. The van der Waals surface area contributed by atoms with Crippen LogP contribution in [-0.2, 0) is 24.1 Å². The smallest absolute Gasteiger partial charge is 0.226 e. The van der Waals surface area contributed by atoms with E-state index in [0.717, 1.165) is 47.4 Å². The molecular weight excluding hydrogens is 366 g/mol.